The number of sulfonamides is 1. The average Bonchev–Trinajstić information content (AvgIpc) is 2.55. The van der Waals surface area contributed by atoms with Gasteiger partial charge in [-0.1, -0.05) is 13.8 Å². The van der Waals surface area contributed by atoms with Crippen molar-refractivity contribution in [3.8, 4) is 0 Å². The number of piperidine rings is 1. The zero-order chi connectivity index (χ0) is 16.9. The predicted molar refractivity (Wildman–Crippen MR) is 92.0 cm³/mol. The minimum Gasteiger partial charge on any atom is -0.372 e. The highest BCUT2D eigenvalue weighted by atomic mass is 32.2. The van der Waals surface area contributed by atoms with Gasteiger partial charge in [0.25, 0.3) is 10.0 Å². The van der Waals surface area contributed by atoms with Crippen molar-refractivity contribution in [1.29, 1.82) is 0 Å². The van der Waals surface area contributed by atoms with E-state index in [0.29, 0.717) is 13.0 Å². The van der Waals surface area contributed by atoms with Gasteiger partial charge in [-0.3, -0.25) is 4.79 Å². The number of carbonyl (C=O) groups is 1. The second-order valence-corrected chi connectivity index (χ2v) is 7.77. The van der Waals surface area contributed by atoms with Crippen molar-refractivity contribution in [2.45, 2.75) is 50.8 Å². The van der Waals surface area contributed by atoms with Crippen LogP contribution in [-0.2, 0) is 14.8 Å². The lowest BCUT2D eigenvalue weighted by atomic mass is 10.2. The Morgan fingerprint density at radius 3 is 2.17 bits per heavy atom. The minimum absolute atomic E-state index is 0.199. The van der Waals surface area contributed by atoms with Crippen LogP contribution in [-0.4, -0.2) is 38.3 Å². The maximum Gasteiger partial charge on any atom is 0.266 e. The molecule has 0 saturated carbocycles. The van der Waals surface area contributed by atoms with Crippen LogP contribution in [0.5, 0.6) is 0 Å². The van der Waals surface area contributed by atoms with Crippen LogP contribution in [0.3, 0.4) is 0 Å². The van der Waals surface area contributed by atoms with Crippen molar-refractivity contribution < 1.29 is 13.2 Å². The van der Waals surface area contributed by atoms with E-state index >= 15 is 0 Å². The SMILES string of the molecule is CCCN(CCC)c1ccc(S(=O)(=O)N2CCCCC2=O)cc1. The molecule has 0 atom stereocenters. The molecule has 0 aliphatic carbocycles. The topological polar surface area (TPSA) is 57.7 Å². The molecular weight excluding hydrogens is 312 g/mol. The molecule has 2 rings (SSSR count). The summed E-state index contributed by atoms with van der Waals surface area (Å²) in [5.41, 5.74) is 1.03. The molecule has 1 saturated heterocycles. The van der Waals surface area contributed by atoms with Crippen LogP contribution in [0.15, 0.2) is 29.2 Å². The summed E-state index contributed by atoms with van der Waals surface area (Å²) in [5.74, 6) is -0.293. The highest BCUT2D eigenvalue weighted by Crippen LogP contribution is 2.24. The second kappa shape index (κ2) is 7.81. The first-order valence-corrected chi connectivity index (χ1v) is 9.85. The first kappa shape index (κ1) is 17.8. The van der Waals surface area contributed by atoms with E-state index in [1.165, 1.54) is 0 Å². The molecular formula is C17H26N2O3S. The van der Waals surface area contributed by atoms with Crippen molar-refractivity contribution in [2.24, 2.45) is 0 Å². The first-order chi connectivity index (χ1) is 11.0. The Bertz CT molecular complexity index is 620. The number of carbonyl (C=O) groups excluding carboxylic acids is 1. The molecule has 1 aliphatic rings. The summed E-state index contributed by atoms with van der Waals surface area (Å²) in [7, 11) is -3.71. The molecule has 0 bridgehead atoms. The third-order valence-electron chi connectivity index (χ3n) is 4.06. The van der Waals surface area contributed by atoms with Gasteiger partial charge in [-0.2, -0.15) is 0 Å². The van der Waals surface area contributed by atoms with Gasteiger partial charge in [-0.05, 0) is 49.9 Å². The first-order valence-electron chi connectivity index (χ1n) is 8.41. The van der Waals surface area contributed by atoms with Gasteiger partial charge in [0.15, 0.2) is 0 Å². The van der Waals surface area contributed by atoms with Gasteiger partial charge in [0.05, 0.1) is 4.90 Å². The Hall–Kier alpha value is -1.56. The molecule has 1 fully saturated rings. The summed E-state index contributed by atoms with van der Waals surface area (Å²) in [6.07, 6.45) is 3.92. The summed E-state index contributed by atoms with van der Waals surface area (Å²) >= 11 is 0. The van der Waals surface area contributed by atoms with Crippen molar-refractivity contribution >= 4 is 21.6 Å². The fourth-order valence-electron chi connectivity index (χ4n) is 2.90. The second-order valence-electron chi connectivity index (χ2n) is 5.91. The lowest BCUT2D eigenvalue weighted by Gasteiger charge is -2.27. The lowest BCUT2D eigenvalue weighted by molar-refractivity contribution is -0.128. The standard InChI is InChI=1S/C17H26N2O3S/c1-3-12-18(13-4-2)15-8-10-16(11-9-15)23(21,22)19-14-6-5-7-17(19)20/h8-11H,3-7,12-14H2,1-2H3. The Balaban J connectivity index is 2.22. The molecule has 0 aromatic heterocycles. The largest absolute Gasteiger partial charge is 0.372 e. The molecule has 6 heteroatoms. The number of amides is 1. The molecule has 0 radical (unpaired) electrons. The molecule has 1 aromatic carbocycles. The summed E-state index contributed by atoms with van der Waals surface area (Å²) in [4.78, 5) is 14.3. The number of nitrogens with zero attached hydrogens (tertiary/aromatic N) is 2. The molecule has 1 heterocycles. The fourth-order valence-corrected chi connectivity index (χ4v) is 4.36. The van der Waals surface area contributed by atoms with Gasteiger partial charge in [0.1, 0.15) is 0 Å². The van der Waals surface area contributed by atoms with E-state index in [1.54, 1.807) is 12.1 Å². The van der Waals surface area contributed by atoms with Gasteiger partial charge in [-0.15, -0.1) is 0 Å². The smallest absolute Gasteiger partial charge is 0.266 e. The minimum atomic E-state index is -3.71. The lowest BCUT2D eigenvalue weighted by Crippen LogP contribution is -2.40. The van der Waals surface area contributed by atoms with Crippen molar-refractivity contribution in [1.82, 2.24) is 4.31 Å². The molecule has 23 heavy (non-hydrogen) atoms. The molecule has 1 aliphatic heterocycles. The van der Waals surface area contributed by atoms with Crippen LogP contribution >= 0.6 is 0 Å². The van der Waals surface area contributed by atoms with E-state index in [1.807, 2.05) is 12.1 Å². The van der Waals surface area contributed by atoms with Crippen LogP contribution in [0, 0.1) is 0 Å². The van der Waals surface area contributed by atoms with Crippen LogP contribution < -0.4 is 4.90 Å². The number of hydrogen-bond acceptors (Lipinski definition) is 4. The van der Waals surface area contributed by atoms with Gasteiger partial charge >= 0.3 is 0 Å². The fraction of sp³-hybridized carbons (Fsp3) is 0.588. The zero-order valence-corrected chi connectivity index (χ0v) is 14.8. The van der Waals surface area contributed by atoms with E-state index in [9.17, 15) is 13.2 Å². The van der Waals surface area contributed by atoms with Crippen molar-refractivity contribution in [3.63, 3.8) is 0 Å². The quantitative estimate of drug-likeness (QED) is 0.767. The highest BCUT2D eigenvalue weighted by molar-refractivity contribution is 7.89. The summed E-state index contributed by atoms with van der Waals surface area (Å²) in [6, 6.07) is 6.91. The number of benzene rings is 1. The van der Waals surface area contributed by atoms with Gasteiger partial charge in [0.2, 0.25) is 5.91 Å². The van der Waals surface area contributed by atoms with Crippen LogP contribution in [0.1, 0.15) is 46.0 Å². The van der Waals surface area contributed by atoms with Crippen molar-refractivity contribution in [3.05, 3.63) is 24.3 Å². The van der Waals surface area contributed by atoms with Crippen LogP contribution in [0.4, 0.5) is 5.69 Å². The summed E-state index contributed by atoms with van der Waals surface area (Å²) in [5, 5.41) is 0. The molecule has 0 unspecified atom stereocenters. The average molecular weight is 338 g/mol. The molecule has 1 aromatic rings. The predicted octanol–water partition coefficient (Wildman–Crippen LogP) is 3.01. The molecule has 0 spiro atoms. The molecule has 1 amide bonds. The highest BCUT2D eigenvalue weighted by Gasteiger charge is 2.30. The monoisotopic (exact) mass is 338 g/mol. The zero-order valence-electron chi connectivity index (χ0n) is 14.0. The number of rotatable bonds is 7. The molecule has 0 N–H and O–H groups in total. The number of anilines is 1. The number of hydrogen-bond donors (Lipinski definition) is 0. The Morgan fingerprint density at radius 1 is 1.04 bits per heavy atom. The third-order valence-corrected chi connectivity index (χ3v) is 5.89. The van der Waals surface area contributed by atoms with Crippen LogP contribution in [0.25, 0.3) is 0 Å². The van der Waals surface area contributed by atoms with Gasteiger partial charge in [0, 0.05) is 31.7 Å². The normalized spacial score (nSPS) is 15.7. The third kappa shape index (κ3) is 4.05. The van der Waals surface area contributed by atoms with Crippen molar-refractivity contribution in [2.75, 3.05) is 24.5 Å². The maximum atomic E-state index is 12.6. The van der Waals surface area contributed by atoms with E-state index in [2.05, 4.69) is 18.7 Å². The summed E-state index contributed by atoms with van der Waals surface area (Å²) in [6.45, 7) is 6.45. The Labute approximate surface area is 139 Å². The molecule has 5 nitrogen and oxygen atoms in total. The van der Waals surface area contributed by atoms with Crippen LogP contribution in [0.2, 0.25) is 0 Å². The van der Waals surface area contributed by atoms with E-state index in [-0.39, 0.29) is 10.8 Å². The molecule has 128 valence electrons. The Kier molecular flexibility index (Phi) is 6.04. The maximum absolute atomic E-state index is 12.6. The van der Waals surface area contributed by atoms with Gasteiger partial charge < -0.3 is 4.90 Å². The van der Waals surface area contributed by atoms with E-state index in [0.717, 1.165) is 48.8 Å². The van der Waals surface area contributed by atoms with E-state index < -0.39 is 10.0 Å². The van der Waals surface area contributed by atoms with Gasteiger partial charge in [-0.25, -0.2) is 12.7 Å². The summed E-state index contributed by atoms with van der Waals surface area (Å²) < 4.78 is 26.3. The Morgan fingerprint density at radius 2 is 1.65 bits per heavy atom. The van der Waals surface area contributed by atoms with E-state index in [4.69, 9.17) is 0 Å².